The van der Waals surface area contributed by atoms with Crippen molar-refractivity contribution in [2.45, 2.75) is 20.8 Å². The summed E-state index contributed by atoms with van der Waals surface area (Å²) in [7, 11) is 0. The highest BCUT2D eigenvalue weighted by Gasteiger charge is 2.20. The molecule has 0 unspecified atom stereocenters. The van der Waals surface area contributed by atoms with Crippen LogP contribution in [0.2, 0.25) is 0 Å². The first-order valence-electron chi connectivity index (χ1n) is 6.70. The van der Waals surface area contributed by atoms with E-state index < -0.39 is 10.9 Å². The lowest BCUT2D eigenvalue weighted by atomic mass is 10.1. The summed E-state index contributed by atoms with van der Waals surface area (Å²) in [5, 5.41) is 10.9. The first-order valence-corrected chi connectivity index (χ1v) is 6.70. The quantitative estimate of drug-likeness (QED) is 0.456. The molecule has 0 atom stereocenters. The normalized spacial score (nSPS) is 10.0. The smallest absolute Gasteiger partial charge is 0.338 e. The maximum Gasteiger partial charge on any atom is 0.338 e. The molecule has 0 radical (unpaired) electrons. The predicted octanol–water partition coefficient (Wildman–Crippen LogP) is 2.25. The largest absolute Gasteiger partial charge is 0.462 e. The van der Waals surface area contributed by atoms with Gasteiger partial charge in [-0.15, -0.1) is 0 Å². The number of benzene rings is 1. The van der Waals surface area contributed by atoms with Gasteiger partial charge in [0.15, 0.2) is 0 Å². The Morgan fingerprint density at radius 1 is 1.14 bits per heavy atom. The highest BCUT2D eigenvalue weighted by Crippen LogP contribution is 2.19. The molecule has 1 rings (SSSR count). The van der Waals surface area contributed by atoms with Crippen LogP contribution in [0.3, 0.4) is 0 Å². The third-order valence-corrected chi connectivity index (χ3v) is 2.94. The average molecular weight is 294 g/mol. The Kier molecular flexibility index (Phi) is 5.83. The van der Waals surface area contributed by atoms with E-state index in [0.717, 1.165) is 6.07 Å². The Bertz CT molecular complexity index is 552. The predicted molar refractivity (Wildman–Crippen MR) is 76.3 cm³/mol. The van der Waals surface area contributed by atoms with Crippen LogP contribution in [0.25, 0.3) is 0 Å². The highest BCUT2D eigenvalue weighted by atomic mass is 16.6. The summed E-state index contributed by atoms with van der Waals surface area (Å²) in [6, 6.07) is 3.60. The van der Waals surface area contributed by atoms with Gasteiger partial charge in [0.2, 0.25) is 0 Å². The van der Waals surface area contributed by atoms with E-state index in [9.17, 15) is 19.7 Å². The maximum absolute atomic E-state index is 12.3. The Labute approximate surface area is 122 Å². The SMILES string of the molecule is CCOC(=O)c1cc(C(=O)N(CC)CC)cc([N+](=O)[O-])c1. The molecule has 0 aliphatic carbocycles. The monoisotopic (exact) mass is 294 g/mol. The molecule has 1 aromatic rings. The molecule has 7 heteroatoms. The summed E-state index contributed by atoms with van der Waals surface area (Å²) < 4.78 is 4.82. The molecule has 0 fully saturated rings. The number of carbonyl (C=O) groups is 2. The number of ether oxygens (including phenoxy) is 1. The van der Waals surface area contributed by atoms with Crippen LogP contribution >= 0.6 is 0 Å². The Balaban J connectivity index is 3.28. The highest BCUT2D eigenvalue weighted by molar-refractivity contribution is 5.99. The van der Waals surface area contributed by atoms with Gasteiger partial charge < -0.3 is 9.64 Å². The van der Waals surface area contributed by atoms with Crippen molar-refractivity contribution in [3.63, 3.8) is 0 Å². The Morgan fingerprint density at radius 3 is 2.19 bits per heavy atom. The number of nitrogens with zero attached hydrogens (tertiary/aromatic N) is 2. The Hall–Kier alpha value is -2.44. The van der Waals surface area contributed by atoms with Crippen LogP contribution in [-0.2, 0) is 4.74 Å². The maximum atomic E-state index is 12.3. The van der Waals surface area contributed by atoms with Crippen LogP contribution in [0.5, 0.6) is 0 Å². The molecule has 1 aromatic carbocycles. The van der Waals surface area contributed by atoms with Gasteiger partial charge in [-0.2, -0.15) is 0 Å². The van der Waals surface area contributed by atoms with E-state index in [0.29, 0.717) is 13.1 Å². The van der Waals surface area contributed by atoms with E-state index in [1.807, 2.05) is 13.8 Å². The van der Waals surface area contributed by atoms with Gasteiger partial charge in [-0.25, -0.2) is 4.79 Å². The Morgan fingerprint density at radius 2 is 1.71 bits per heavy atom. The molecular formula is C14H18N2O5. The number of carbonyl (C=O) groups excluding carboxylic acids is 2. The molecule has 7 nitrogen and oxygen atoms in total. The van der Waals surface area contributed by atoms with Gasteiger partial charge in [0.25, 0.3) is 11.6 Å². The van der Waals surface area contributed by atoms with Crippen LogP contribution in [-0.4, -0.2) is 41.4 Å². The lowest BCUT2D eigenvalue weighted by Gasteiger charge is -2.18. The molecule has 0 aliphatic rings. The standard InChI is InChI=1S/C14H18N2O5/c1-4-15(5-2)13(17)10-7-11(14(18)21-6-3)9-12(8-10)16(19)20/h7-9H,4-6H2,1-3H3. The van der Waals surface area contributed by atoms with Crippen molar-refractivity contribution in [2.75, 3.05) is 19.7 Å². The van der Waals surface area contributed by atoms with Crippen molar-refractivity contribution in [3.05, 3.63) is 39.4 Å². The molecule has 0 heterocycles. The van der Waals surface area contributed by atoms with Gasteiger partial charge in [-0.3, -0.25) is 14.9 Å². The second-order valence-electron chi connectivity index (χ2n) is 4.22. The van der Waals surface area contributed by atoms with E-state index in [-0.39, 0.29) is 29.3 Å². The minimum Gasteiger partial charge on any atom is -0.462 e. The lowest BCUT2D eigenvalue weighted by molar-refractivity contribution is -0.384. The van der Waals surface area contributed by atoms with Gasteiger partial charge >= 0.3 is 5.97 Å². The fourth-order valence-electron chi connectivity index (χ4n) is 1.87. The average Bonchev–Trinajstić information content (AvgIpc) is 2.48. The minimum absolute atomic E-state index is 0.00144. The molecule has 1 amide bonds. The number of nitro benzene ring substituents is 1. The van der Waals surface area contributed by atoms with Gasteiger partial charge in [-0.05, 0) is 26.8 Å². The molecule has 0 saturated heterocycles. The van der Waals surface area contributed by atoms with E-state index >= 15 is 0 Å². The first-order chi connectivity index (χ1) is 9.94. The van der Waals surface area contributed by atoms with Crippen molar-refractivity contribution in [1.82, 2.24) is 4.90 Å². The van der Waals surface area contributed by atoms with Gasteiger partial charge in [0, 0.05) is 30.8 Å². The third kappa shape index (κ3) is 4.01. The number of hydrogen-bond acceptors (Lipinski definition) is 5. The van der Waals surface area contributed by atoms with Crippen molar-refractivity contribution < 1.29 is 19.2 Å². The summed E-state index contributed by atoms with van der Waals surface area (Å²) in [6.07, 6.45) is 0. The molecule has 0 aromatic heterocycles. The number of amides is 1. The molecule has 0 aliphatic heterocycles. The summed E-state index contributed by atoms with van der Waals surface area (Å²) in [5.74, 6) is -1.04. The van der Waals surface area contributed by atoms with Crippen LogP contribution in [0.15, 0.2) is 18.2 Å². The van der Waals surface area contributed by atoms with E-state index in [1.54, 1.807) is 6.92 Å². The molecule has 0 saturated carbocycles. The number of non-ortho nitro benzene ring substituents is 1. The molecule has 21 heavy (non-hydrogen) atoms. The second kappa shape index (κ2) is 7.37. The van der Waals surface area contributed by atoms with Gasteiger partial charge in [0.05, 0.1) is 17.1 Å². The zero-order valence-corrected chi connectivity index (χ0v) is 12.3. The second-order valence-corrected chi connectivity index (χ2v) is 4.22. The van der Waals surface area contributed by atoms with E-state index in [1.165, 1.54) is 17.0 Å². The van der Waals surface area contributed by atoms with Crippen LogP contribution in [0.4, 0.5) is 5.69 Å². The lowest BCUT2D eigenvalue weighted by Crippen LogP contribution is -2.30. The number of hydrogen-bond donors (Lipinski definition) is 0. The number of nitro groups is 1. The summed E-state index contributed by atoms with van der Waals surface area (Å²) in [4.78, 5) is 35.8. The zero-order valence-electron chi connectivity index (χ0n) is 12.3. The molecule has 0 bridgehead atoms. The van der Waals surface area contributed by atoms with Crippen molar-refractivity contribution in [1.29, 1.82) is 0 Å². The first kappa shape index (κ1) is 16.6. The molecular weight excluding hydrogens is 276 g/mol. The van der Waals surface area contributed by atoms with E-state index in [4.69, 9.17) is 4.74 Å². The summed E-state index contributed by atoms with van der Waals surface area (Å²) in [6.45, 7) is 6.37. The van der Waals surface area contributed by atoms with Crippen LogP contribution in [0, 0.1) is 10.1 Å². The van der Waals surface area contributed by atoms with Crippen LogP contribution in [0.1, 0.15) is 41.5 Å². The van der Waals surface area contributed by atoms with Crippen molar-refractivity contribution >= 4 is 17.6 Å². The van der Waals surface area contributed by atoms with Crippen molar-refractivity contribution in [3.8, 4) is 0 Å². The topological polar surface area (TPSA) is 89.8 Å². The van der Waals surface area contributed by atoms with E-state index in [2.05, 4.69) is 0 Å². The minimum atomic E-state index is -0.685. The van der Waals surface area contributed by atoms with Crippen LogP contribution < -0.4 is 0 Å². The summed E-state index contributed by atoms with van der Waals surface area (Å²) in [5.41, 5.74) is -0.200. The molecule has 0 N–H and O–H groups in total. The number of esters is 1. The molecule has 0 spiro atoms. The number of rotatable bonds is 6. The van der Waals surface area contributed by atoms with Crippen molar-refractivity contribution in [2.24, 2.45) is 0 Å². The fraction of sp³-hybridized carbons (Fsp3) is 0.429. The van der Waals surface area contributed by atoms with Gasteiger partial charge in [-0.1, -0.05) is 0 Å². The third-order valence-electron chi connectivity index (χ3n) is 2.94. The zero-order chi connectivity index (χ0) is 16.0. The molecule has 114 valence electrons. The summed E-state index contributed by atoms with van der Waals surface area (Å²) >= 11 is 0. The van der Waals surface area contributed by atoms with Gasteiger partial charge in [0.1, 0.15) is 0 Å². The fourth-order valence-corrected chi connectivity index (χ4v) is 1.87.